The number of methoxy groups -OCH3 is 1. The van der Waals surface area contributed by atoms with E-state index in [-0.39, 0.29) is 54.9 Å². The van der Waals surface area contributed by atoms with Crippen molar-refractivity contribution in [2.24, 2.45) is 46.7 Å². The van der Waals surface area contributed by atoms with E-state index in [9.17, 15) is 54.8 Å². The molecule has 0 unspecified atom stereocenters. The molecule has 6 saturated heterocycles. The van der Waals surface area contributed by atoms with E-state index in [2.05, 4.69) is 0 Å². The van der Waals surface area contributed by atoms with Crippen LogP contribution in [0.25, 0.3) is 0 Å². The molecule has 0 radical (unpaired) electrons. The molecule has 28 heteroatoms. The number of hydroxylamine groups is 2. The van der Waals surface area contributed by atoms with Gasteiger partial charge in [-0.25, -0.2) is 9.59 Å². The first-order valence-corrected chi connectivity index (χ1v) is 33.6. The number of carbonyl (C=O) groups is 6. The second kappa shape index (κ2) is 29.7. The van der Waals surface area contributed by atoms with Crippen molar-refractivity contribution < 1.29 is 121 Å². The van der Waals surface area contributed by atoms with Gasteiger partial charge in [-0.05, 0) is 102 Å². The quantitative estimate of drug-likeness (QED) is 0.0308. The number of nitrogens with zero attached hydrogens (tertiary/aromatic N) is 1. The molecule has 0 amide bonds. The predicted octanol–water partition coefficient (Wildman–Crippen LogP) is 4.57. The Morgan fingerprint density at radius 3 is 2.07 bits per heavy atom. The highest BCUT2D eigenvalue weighted by Crippen LogP contribution is 2.61. The zero-order chi connectivity index (χ0) is 69.8. The van der Waals surface area contributed by atoms with Crippen molar-refractivity contribution in [1.82, 2.24) is 5.23 Å². The smallest absolute Gasteiger partial charge is 0.346 e. The third-order valence-electron chi connectivity index (χ3n) is 21.9. The van der Waals surface area contributed by atoms with Gasteiger partial charge in [0.15, 0.2) is 49.3 Å². The number of aliphatic hydroxyl groups is 4. The number of allylic oxidation sites excluding steroid dienone is 3. The number of aldehydes is 1. The number of rotatable bonds is 16. The van der Waals surface area contributed by atoms with Crippen molar-refractivity contribution in [2.45, 2.75) is 274 Å². The van der Waals surface area contributed by atoms with Gasteiger partial charge in [0, 0.05) is 69.6 Å². The van der Waals surface area contributed by atoms with Gasteiger partial charge in [0.25, 0.3) is 0 Å². The minimum Gasteiger partial charge on any atom is -0.762 e. The van der Waals surface area contributed by atoms with Crippen LogP contribution in [0.15, 0.2) is 58.4 Å². The molecule has 1 spiro atoms. The van der Waals surface area contributed by atoms with Gasteiger partial charge >= 0.3 is 23.9 Å². The van der Waals surface area contributed by atoms with Crippen LogP contribution in [0.5, 0.6) is 0 Å². The van der Waals surface area contributed by atoms with E-state index in [1.807, 2.05) is 45.9 Å². The zero-order valence-corrected chi connectivity index (χ0v) is 56.6. The first-order valence-electron chi connectivity index (χ1n) is 33.6. The number of Topliss-reactive ketones (excluding diaryl/α,β-unsaturated/α-hetero) is 1. The van der Waals surface area contributed by atoms with Gasteiger partial charge < -0.3 is 103 Å². The number of aliphatic hydroxyl groups excluding tert-OH is 4. The van der Waals surface area contributed by atoms with Crippen LogP contribution in [0.1, 0.15) is 140 Å². The zero-order valence-electron chi connectivity index (χ0n) is 56.6. The van der Waals surface area contributed by atoms with Crippen molar-refractivity contribution in [3.8, 4) is 0 Å². The van der Waals surface area contributed by atoms with E-state index in [1.165, 1.54) is 32.9 Å². The van der Waals surface area contributed by atoms with Gasteiger partial charge in [0.1, 0.15) is 42.5 Å². The molecule has 28 nitrogen and oxygen atoms in total. The Labute approximate surface area is 558 Å². The van der Waals surface area contributed by atoms with E-state index < -0.39 is 211 Å². The summed E-state index contributed by atoms with van der Waals surface area (Å²) in [7, 11) is 1.11. The van der Waals surface area contributed by atoms with E-state index >= 15 is 4.79 Å². The molecule has 1 saturated carbocycles. The second-order valence-electron chi connectivity index (χ2n) is 28.5. The minimum atomic E-state index is -2.26. The lowest BCUT2D eigenvalue weighted by Gasteiger charge is -2.57. The second-order valence-corrected chi connectivity index (χ2v) is 28.5. The molecule has 96 heavy (non-hydrogen) atoms. The lowest BCUT2D eigenvalue weighted by Crippen LogP contribution is -2.67. The van der Waals surface area contributed by atoms with Crippen LogP contribution in [0.3, 0.4) is 0 Å². The molecule has 536 valence electrons. The Balaban J connectivity index is 0.935. The third kappa shape index (κ3) is 14.7. The highest BCUT2D eigenvalue weighted by atomic mass is 16.8. The summed E-state index contributed by atoms with van der Waals surface area (Å²) >= 11 is 0. The normalized spacial score (nSPS) is 47.1. The largest absolute Gasteiger partial charge is 0.762 e. The van der Waals surface area contributed by atoms with Crippen molar-refractivity contribution in [3.05, 3.63) is 63.6 Å². The van der Waals surface area contributed by atoms with Gasteiger partial charge in [-0.3, -0.25) is 24.4 Å². The molecule has 29 atom stereocenters. The Morgan fingerprint density at radius 2 is 1.42 bits per heavy atom. The minimum absolute atomic E-state index is 0.0281. The molecule has 6 aliphatic heterocycles. The van der Waals surface area contributed by atoms with Gasteiger partial charge in [-0.1, -0.05) is 50.6 Å². The van der Waals surface area contributed by atoms with Gasteiger partial charge in [0.2, 0.25) is 5.78 Å². The van der Waals surface area contributed by atoms with Crippen molar-refractivity contribution in [2.75, 3.05) is 13.7 Å². The molecule has 2 bridgehead atoms. The van der Waals surface area contributed by atoms with Gasteiger partial charge in [-0.2, -0.15) is 0 Å². The molecular formula is C68H97N2O26-. The third-order valence-corrected chi connectivity index (χ3v) is 21.9. The Bertz CT molecular complexity index is 3030. The van der Waals surface area contributed by atoms with Crippen molar-refractivity contribution in [1.29, 1.82) is 0 Å². The number of ketones is 1. The maximum absolute atomic E-state index is 15.6. The molecule has 4 aliphatic carbocycles. The van der Waals surface area contributed by atoms with Crippen LogP contribution in [0.4, 0.5) is 0 Å². The molecule has 10 rings (SSSR count). The number of esters is 4. The number of ether oxygens (including phenoxy) is 14. The van der Waals surface area contributed by atoms with E-state index in [1.54, 1.807) is 27.7 Å². The lowest BCUT2D eigenvalue weighted by atomic mass is 9.49. The number of carbonyl (C=O) groups excluding carboxylic acids is 6. The molecule has 7 N–H and O–H groups in total. The lowest BCUT2D eigenvalue weighted by molar-refractivity contribution is -0.333. The fourth-order valence-electron chi connectivity index (χ4n) is 16.7. The summed E-state index contributed by atoms with van der Waals surface area (Å²) < 4.78 is 87.1. The SMILES string of the molecule is COC(=O)[C@H]1O[C@@H](O[C@H]2C/C=C(/C)[C@@H]3C=C[C@@H]4[C@@H](O[C@H]5C[C@@H](O[C@H]6CC[C@@H](O[C@@H]7C[C@@H](O)[C@@H](O[C@H]8CC[C@@H](O)[C@H](C)O8)[C@H](C)O7)[C@H](C)O6)[C@@H](OC(C)=O)[C@H](COC(C)=O)O5)[C@@H](C)C[C@H](C)[C@H]4[C@]3(C)/C(O)=C3/C(=O)O[C@]4(CC(C=O)=C[C@H](O)[C@H]4/C=C\2C)C3=O)C[C@](C)(N([O-])O)[C@H]1N. The topological polar surface area (TPSA) is 385 Å². The summed E-state index contributed by atoms with van der Waals surface area (Å²) in [6.07, 6.45) is -6.79. The van der Waals surface area contributed by atoms with Crippen LogP contribution < -0.4 is 5.73 Å². The first-order chi connectivity index (χ1) is 45.3. The Hall–Kier alpha value is -4.96. The molecule has 7 fully saturated rings. The molecular weight excluding hydrogens is 1260 g/mol. The summed E-state index contributed by atoms with van der Waals surface area (Å²) in [5.41, 5.74) is 1.10. The predicted molar refractivity (Wildman–Crippen MR) is 331 cm³/mol. The number of hydrogen-bond donors (Lipinski definition) is 6. The average molecular weight is 1360 g/mol. The molecule has 0 aromatic heterocycles. The van der Waals surface area contributed by atoms with Gasteiger partial charge in [-0.15, -0.1) is 0 Å². The average Bonchev–Trinajstić information content (AvgIpc) is 1.14. The fraction of sp³-hybridized carbons (Fsp3) is 0.765. The highest BCUT2D eigenvalue weighted by Gasteiger charge is 2.65. The summed E-state index contributed by atoms with van der Waals surface area (Å²) in [6.45, 7) is 18.1. The molecule has 10 aliphatic rings. The summed E-state index contributed by atoms with van der Waals surface area (Å²) in [6, 6.07) is -1.38. The number of nitrogens with two attached hydrogens (primary N) is 1. The maximum Gasteiger partial charge on any atom is 0.346 e. The monoisotopic (exact) mass is 1360 g/mol. The fourth-order valence-corrected chi connectivity index (χ4v) is 16.7. The summed E-state index contributed by atoms with van der Waals surface area (Å²) in [5, 5.41) is 69.6. The standard InChI is InChI=1S/C68H97N2O26/c1-30-13-17-46(89-54-27-66(10,70(81)82)61(69)60(95-54)65(80)83-12)31(2)22-42-44(75)23-39(28-71)26-68(42)63(78)55(64(79)96-68)62(77)67(11)41(30)15-14-40-56(67)32(3)21-33(4)57(40)94-53-25-48(59(88-38(9)73)49(92-53)29-84-37(8)72)91-50-20-18-47(35(6)86-50)90-52-24-45(76)58(36(7)87-52)93-51-19-16-43(74)34(5)85-51/h13-15,22-23,28,32-36,40-54,56-61,74-77,81H,16-21,24-27,29,69H2,1-12H3/q-1/b30-13-,31-22-,62-55-/t32-,33-,34-,35-,36-,40-,41-,42+,43+,44-,45+,46-,47+,48+,49-,50-,51-,52+,53-,54+,56+,57-,58-,59+,60-,61-,66-,67+,68-/m0/s1. The summed E-state index contributed by atoms with van der Waals surface area (Å²) in [5.74, 6) is -8.77. The van der Waals surface area contributed by atoms with Crippen molar-refractivity contribution >= 4 is 35.9 Å². The highest BCUT2D eigenvalue weighted by molar-refractivity contribution is 6.26. The van der Waals surface area contributed by atoms with Crippen LogP contribution in [-0.4, -0.2) is 215 Å². The van der Waals surface area contributed by atoms with Crippen LogP contribution >= 0.6 is 0 Å². The van der Waals surface area contributed by atoms with E-state index in [4.69, 9.17) is 72.0 Å². The Kier molecular flexibility index (Phi) is 22.8. The molecule has 0 aromatic carbocycles. The van der Waals surface area contributed by atoms with E-state index in [0.717, 1.165) is 7.11 Å². The first kappa shape index (κ1) is 73.7. The number of fused-ring (bicyclic) bond motifs is 4. The molecule has 0 aromatic rings. The van der Waals surface area contributed by atoms with Gasteiger partial charge in [0.05, 0.1) is 79.5 Å². The number of hydrogen-bond acceptors (Lipinski definition) is 28. The van der Waals surface area contributed by atoms with Crippen LogP contribution in [0, 0.1) is 46.1 Å². The van der Waals surface area contributed by atoms with Crippen molar-refractivity contribution in [3.63, 3.8) is 0 Å². The molecule has 6 heterocycles. The Morgan fingerprint density at radius 1 is 0.750 bits per heavy atom. The van der Waals surface area contributed by atoms with E-state index in [0.29, 0.717) is 49.5 Å². The maximum atomic E-state index is 15.6. The van der Waals surface area contributed by atoms with Crippen LogP contribution in [-0.2, 0) is 95.1 Å². The van der Waals surface area contributed by atoms with Crippen LogP contribution in [0.2, 0.25) is 0 Å². The summed E-state index contributed by atoms with van der Waals surface area (Å²) in [4.78, 5) is 81.5.